The number of carbonyl (C=O) groups excluding carboxylic acids is 4. The van der Waals surface area contributed by atoms with Gasteiger partial charge in [-0.25, -0.2) is 29.1 Å². The van der Waals surface area contributed by atoms with E-state index in [1.165, 1.54) is 11.1 Å². The van der Waals surface area contributed by atoms with Crippen molar-refractivity contribution in [2.45, 2.75) is 97.3 Å². The molecule has 3 atom stereocenters. The number of aryl methyl sites for hydroxylation is 2. The number of benzene rings is 2. The average molecular weight is 983 g/mol. The molecule has 0 amide bonds. The highest BCUT2D eigenvalue weighted by molar-refractivity contribution is 5.94. The third-order valence-corrected chi connectivity index (χ3v) is 14.5. The van der Waals surface area contributed by atoms with Gasteiger partial charge in [0.2, 0.25) is 11.2 Å². The molecule has 5 aromatic rings. The van der Waals surface area contributed by atoms with E-state index in [1.807, 2.05) is 55.5 Å². The summed E-state index contributed by atoms with van der Waals surface area (Å²) >= 11 is 0. The van der Waals surface area contributed by atoms with E-state index < -0.39 is 48.3 Å². The smallest absolute Gasteiger partial charge is 0.355 e. The van der Waals surface area contributed by atoms with Gasteiger partial charge >= 0.3 is 23.9 Å². The van der Waals surface area contributed by atoms with Gasteiger partial charge in [0.25, 0.3) is 5.56 Å². The van der Waals surface area contributed by atoms with Gasteiger partial charge in [0.15, 0.2) is 0 Å². The lowest BCUT2D eigenvalue weighted by Crippen LogP contribution is -2.51. The highest BCUT2D eigenvalue weighted by Crippen LogP contribution is 2.46. The molecular weight excluding hydrogens is 925 g/mol. The number of pyridine rings is 3. The SMILES string of the molecule is CCc1c2c(nc3ccccc13)C1=CC3=C(COC(=O)[C@@]3(CC)OC(=O)COCCOC(C)COCCOCC(=O)O[C@]3(CC)C(=O)OCc4c3cc3n(c4=O)Cc4c-3nc3ccccc3c4CC)CN1C2. The quantitative estimate of drug-likeness (QED) is 0.0508. The number of hydrogen-bond donors (Lipinski definition) is 0. The molecule has 5 aliphatic rings. The van der Waals surface area contributed by atoms with E-state index in [1.54, 1.807) is 24.5 Å². The number of para-hydroxylation sites is 2. The minimum Gasteiger partial charge on any atom is -0.458 e. The highest BCUT2D eigenvalue weighted by Gasteiger charge is 2.52. The predicted molar refractivity (Wildman–Crippen MR) is 262 cm³/mol. The summed E-state index contributed by atoms with van der Waals surface area (Å²) in [6, 6.07) is 17.7. The molecule has 0 saturated heterocycles. The van der Waals surface area contributed by atoms with Crippen molar-refractivity contribution >= 4 is 51.4 Å². The van der Waals surface area contributed by atoms with Gasteiger partial charge in [0.1, 0.15) is 26.4 Å². The molecule has 0 spiro atoms. The molecular formula is C55H58N4O13. The number of ether oxygens (including phenoxy) is 8. The second-order valence-corrected chi connectivity index (χ2v) is 18.6. The van der Waals surface area contributed by atoms with E-state index >= 15 is 0 Å². The Morgan fingerprint density at radius 1 is 0.694 bits per heavy atom. The maximum atomic E-state index is 14.0. The molecule has 72 heavy (non-hydrogen) atoms. The van der Waals surface area contributed by atoms with Gasteiger partial charge in [-0.1, -0.05) is 64.1 Å². The Kier molecular flexibility index (Phi) is 13.6. The van der Waals surface area contributed by atoms with Crippen LogP contribution in [0.3, 0.4) is 0 Å². The van der Waals surface area contributed by atoms with E-state index in [4.69, 9.17) is 47.9 Å². The molecule has 3 aromatic heterocycles. The number of carbonyl (C=O) groups is 4. The third-order valence-electron chi connectivity index (χ3n) is 14.5. The number of cyclic esters (lactones) is 2. The van der Waals surface area contributed by atoms with Crippen molar-refractivity contribution in [3.05, 3.63) is 121 Å². The number of hydrogen-bond acceptors (Lipinski definition) is 16. The summed E-state index contributed by atoms with van der Waals surface area (Å²) in [7, 11) is 0. The van der Waals surface area contributed by atoms with Gasteiger partial charge in [0.05, 0.1) is 85.1 Å². The molecule has 8 heterocycles. The van der Waals surface area contributed by atoms with Gasteiger partial charge in [-0.3, -0.25) is 4.79 Å². The summed E-state index contributed by atoms with van der Waals surface area (Å²) in [5.41, 5.74) is 7.52. The Bertz CT molecular complexity index is 3160. The molecule has 5 aliphatic heterocycles. The number of aromatic nitrogens is 3. The van der Waals surface area contributed by atoms with Crippen LogP contribution in [0, 0.1) is 0 Å². The zero-order chi connectivity index (χ0) is 50.3. The van der Waals surface area contributed by atoms with E-state index in [-0.39, 0.29) is 76.3 Å². The zero-order valence-electron chi connectivity index (χ0n) is 41.3. The lowest BCUT2D eigenvalue weighted by atomic mass is 9.82. The summed E-state index contributed by atoms with van der Waals surface area (Å²) in [6.45, 7) is 10.7. The molecule has 0 saturated carbocycles. The second kappa shape index (κ2) is 20.0. The van der Waals surface area contributed by atoms with E-state index in [9.17, 15) is 24.0 Å². The van der Waals surface area contributed by atoms with Crippen molar-refractivity contribution < 1.29 is 57.1 Å². The van der Waals surface area contributed by atoms with Crippen molar-refractivity contribution in [1.82, 2.24) is 19.4 Å². The standard InChI is InChI=1S/C55H58N4O13/c1-6-34-36-14-10-12-16-43(36)56-49-38(34)25-58-24-33-28-69-52(63)54(8-3,41(33)22-45(49)58)71-47(60)31-67-20-21-68-32(5)27-65-18-19-66-30-48(61)72-55(9-4)42-23-46-50-39(26-59(46)51(62)40(42)29-70-53(55)64)35(7-2)37-15-11-13-17-44(37)57-50/h10-17,22-23,32H,6-9,18-21,24-31H2,1-5H3/t32?,54-,55-/m0/s1. The van der Waals surface area contributed by atoms with Crippen molar-refractivity contribution in [1.29, 1.82) is 0 Å². The summed E-state index contributed by atoms with van der Waals surface area (Å²) < 4.78 is 47.3. The molecule has 0 radical (unpaired) electrons. The van der Waals surface area contributed by atoms with Crippen LogP contribution in [-0.2, 0) is 95.2 Å². The molecule has 0 bridgehead atoms. The summed E-state index contributed by atoms with van der Waals surface area (Å²) in [6.07, 6.45) is 3.41. The summed E-state index contributed by atoms with van der Waals surface area (Å²) in [5, 5.41) is 2.17. The van der Waals surface area contributed by atoms with Gasteiger partial charge in [0, 0.05) is 46.1 Å². The molecule has 0 N–H and O–H groups in total. The maximum absolute atomic E-state index is 14.0. The maximum Gasteiger partial charge on any atom is 0.355 e. The van der Waals surface area contributed by atoms with Crippen LogP contribution in [0.4, 0.5) is 0 Å². The summed E-state index contributed by atoms with van der Waals surface area (Å²) in [5.74, 6) is -2.88. The van der Waals surface area contributed by atoms with Crippen molar-refractivity contribution in [2.75, 3.05) is 59.4 Å². The number of fused-ring (bicyclic) bond motifs is 9. The third kappa shape index (κ3) is 8.44. The van der Waals surface area contributed by atoms with E-state index in [0.29, 0.717) is 42.2 Å². The predicted octanol–water partition coefficient (Wildman–Crippen LogP) is 6.17. The van der Waals surface area contributed by atoms with Crippen LogP contribution in [-0.4, -0.2) is 114 Å². The Morgan fingerprint density at radius 2 is 1.28 bits per heavy atom. The Hall–Kier alpha value is -6.79. The van der Waals surface area contributed by atoms with Crippen molar-refractivity contribution in [3.8, 4) is 11.4 Å². The molecule has 1 unspecified atom stereocenters. The first kappa shape index (κ1) is 48.8. The number of nitrogens with zero attached hydrogens (tertiary/aromatic N) is 4. The van der Waals surface area contributed by atoms with Crippen LogP contribution >= 0.6 is 0 Å². The molecule has 2 aromatic carbocycles. The van der Waals surface area contributed by atoms with Crippen molar-refractivity contribution in [2.24, 2.45) is 0 Å². The van der Waals surface area contributed by atoms with Crippen LogP contribution in [0.5, 0.6) is 0 Å². The Labute approximate surface area is 416 Å². The van der Waals surface area contributed by atoms with Gasteiger partial charge < -0.3 is 47.4 Å². The second-order valence-electron chi connectivity index (χ2n) is 18.6. The zero-order valence-corrected chi connectivity index (χ0v) is 41.3. The minimum atomic E-state index is -1.85. The van der Waals surface area contributed by atoms with Gasteiger partial charge in [-0.05, 0) is 73.6 Å². The lowest BCUT2D eigenvalue weighted by molar-refractivity contribution is -0.192. The van der Waals surface area contributed by atoms with Crippen LogP contribution in [0.1, 0.15) is 86.5 Å². The number of esters is 4. The fourth-order valence-corrected chi connectivity index (χ4v) is 11.0. The molecule has 0 fully saturated rings. The highest BCUT2D eigenvalue weighted by atomic mass is 16.6. The fraction of sp³-hybridized carbons (Fsp3) is 0.436. The molecule has 10 rings (SSSR count). The largest absolute Gasteiger partial charge is 0.458 e. The molecule has 0 aliphatic carbocycles. The van der Waals surface area contributed by atoms with Crippen LogP contribution in [0.2, 0.25) is 0 Å². The average Bonchev–Trinajstić information content (AvgIpc) is 3.94. The van der Waals surface area contributed by atoms with E-state index in [2.05, 4.69) is 24.8 Å². The molecule has 17 heteroatoms. The molecule has 376 valence electrons. The normalized spacial score (nSPS) is 20.0. The first-order valence-electron chi connectivity index (χ1n) is 24.9. The van der Waals surface area contributed by atoms with E-state index in [0.717, 1.165) is 62.7 Å². The Morgan fingerprint density at radius 3 is 1.94 bits per heavy atom. The van der Waals surface area contributed by atoms with Crippen LogP contribution < -0.4 is 5.56 Å². The van der Waals surface area contributed by atoms with Gasteiger partial charge in [-0.15, -0.1) is 0 Å². The van der Waals surface area contributed by atoms with Crippen LogP contribution in [0.25, 0.3) is 38.9 Å². The first-order valence-corrected chi connectivity index (χ1v) is 24.9. The Balaban J connectivity index is 0.675. The first-order chi connectivity index (χ1) is 34.9. The van der Waals surface area contributed by atoms with Crippen LogP contribution in [0.15, 0.2) is 76.6 Å². The topological polar surface area (TPSA) is 193 Å². The van der Waals surface area contributed by atoms with Gasteiger partial charge in [-0.2, -0.15) is 0 Å². The summed E-state index contributed by atoms with van der Waals surface area (Å²) in [4.78, 5) is 79.8. The lowest BCUT2D eigenvalue weighted by Gasteiger charge is -2.40. The molecule has 17 nitrogen and oxygen atoms in total. The van der Waals surface area contributed by atoms with Crippen molar-refractivity contribution in [3.63, 3.8) is 0 Å². The fourth-order valence-electron chi connectivity index (χ4n) is 11.0. The minimum absolute atomic E-state index is 0.0288. The number of rotatable bonds is 19. The monoisotopic (exact) mass is 982 g/mol.